The van der Waals surface area contributed by atoms with Crippen LogP contribution in [-0.4, -0.2) is 10.2 Å². The van der Waals surface area contributed by atoms with Crippen molar-refractivity contribution in [2.45, 2.75) is 19.1 Å². The average Bonchev–Trinajstić information content (AvgIpc) is 1.35. The first-order chi connectivity index (χ1) is 2.77. The van der Waals surface area contributed by atoms with Crippen molar-refractivity contribution in [2.24, 2.45) is 0 Å². The van der Waals surface area contributed by atoms with Crippen LogP contribution >= 0.6 is 8.93 Å². The van der Waals surface area contributed by atoms with E-state index < -0.39 is 0 Å². The van der Waals surface area contributed by atoms with E-state index in [0.717, 1.165) is 5.25 Å². The summed E-state index contributed by atoms with van der Waals surface area (Å²) in [6.07, 6.45) is 0. The molecule has 0 radical (unpaired) electrons. The molecule has 0 saturated carbocycles. The van der Waals surface area contributed by atoms with Crippen molar-refractivity contribution in [3.8, 4) is 0 Å². The molecule has 0 N–H and O–H groups in total. The standard InChI is InChI=1S/C4H10IS/c1-4(2)6-5-3/h4H,1-3H3/q-1. The van der Waals surface area contributed by atoms with Crippen LogP contribution in [0.4, 0.5) is 0 Å². The SMILES string of the molecule is C[I-]SC(C)C. The molecule has 0 rings (SSSR count). The number of hydrogen-bond acceptors (Lipinski definition) is 1. The van der Waals surface area contributed by atoms with Gasteiger partial charge in [0.25, 0.3) is 0 Å². The maximum absolute atomic E-state index is 2.30. The van der Waals surface area contributed by atoms with Crippen molar-refractivity contribution in [1.82, 2.24) is 0 Å². The molecule has 0 aliphatic carbocycles. The van der Waals surface area contributed by atoms with Crippen LogP contribution < -0.4 is 19.8 Å². The zero-order valence-electron chi connectivity index (χ0n) is 4.36. The van der Waals surface area contributed by atoms with Crippen LogP contribution in [0.3, 0.4) is 0 Å². The normalized spacial score (nSPS) is 10.7. The van der Waals surface area contributed by atoms with Gasteiger partial charge in [-0.15, -0.1) is 0 Å². The Morgan fingerprint density at radius 2 is 2.00 bits per heavy atom. The van der Waals surface area contributed by atoms with Gasteiger partial charge in [0.2, 0.25) is 0 Å². The third kappa shape index (κ3) is 5.08. The van der Waals surface area contributed by atoms with E-state index in [1.54, 1.807) is 0 Å². The molecule has 0 aromatic heterocycles. The van der Waals surface area contributed by atoms with Gasteiger partial charge in [-0.2, -0.15) is 0 Å². The van der Waals surface area contributed by atoms with Crippen molar-refractivity contribution >= 4 is 8.93 Å². The van der Waals surface area contributed by atoms with Crippen molar-refractivity contribution in [3.63, 3.8) is 0 Å². The molecular formula is C4H10IS-. The predicted molar refractivity (Wildman–Crippen MR) is 28.7 cm³/mol. The molecule has 40 valence electrons. The van der Waals surface area contributed by atoms with Crippen molar-refractivity contribution in [2.75, 3.05) is 4.93 Å². The van der Waals surface area contributed by atoms with Gasteiger partial charge in [0.15, 0.2) is 0 Å². The van der Waals surface area contributed by atoms with Gasteiger partial charge >= 0.3 is 52.8 Å². The van der Waals surface area contributed by atoms with E-state index in [9.17, 15) is 0 Å². The van der Waals surface area contributed by atoms with Gasteiger partial charge in [0, 0.05) is 0 Å². The Labute approximate surface area is 52.8 Å². The van der Waals surface area contributed by atoms with Gasteiger partial charge in [-0.25, -0.2) is 0 Å². The molecule has 6 heavy (non-hydrogen) atoms. The van der Waals surface area contributed by atoms with E-state index >= 15 is 0 Å². The minimum absolute atomic E-state index is 0.484. The van der Waals surface area contributed by atoms with Gasteiger partial charge in [-0.1, -0.05) is 0 Å². The minimum atomic E-state index is 0.484. The van der Waals surface area contributed by atoms with E-state index in [1.807, 2.05) is 0 Å². The summed E-state index contributed by atoms with van der Waals surface area (Å²) < 4.78 is 0. The molecule has 0 aliphatic heterocycles. The summed E-state index contributed by atoms with van der Waals surface area (Å²) in [6, 6.07) is 0. The third-order valence-electron chi connectivity index (χ3n) is 0.267. The van der Waals surface area contributed by atoms with E-state index in [1.165, 1.54) is 0 Å². The van der Waals surface area contributed by atoms with E-state index in [-0.39, 0.29) is 0 Å². The van der Waals surface area contributed by atoms with Crippen LogP contribution in [0.5, 0.6) is 0 Å². The molecule has 0 unspecified atom stereocenters. The zero-order chi connectivity index (χ0) is 4.99. The second-order valence-corrected chi connectivity index (χ2v) is 6.89. The molecule has 0 heterocycles. The van der Waals surface area contributed by atoms with Crippen LogP contribution in [-0.2, 0) is 0 Å². The van der Waals surface area contributed by atoms with Gasteiger partial charge in [0.1, 0.15) is 0 Å². The molecule has 0 amide bonds. The predicted octanol–water partition coefficient (Wildman–Crippen LogP) is -1.24. The quantitative estimate of drug-likeness (QED) is 0.412. The molecule has 0 bridgehead atoms. The molecular weight excluding hydrogens is 207 g/mol. The van der Waals surface area contributed by atoms with Crippen molar-refractivity contribution < 1.29 is 19.8 Å². The summed E-state index contributed by atoms with van der Waals surface area (Å²) >= 11 is 0.484. The molecule has 0 aromatic carbocycles. The maximum atomic E-state index is 2.30. The summed E-state index contributed by atoms with van der Waals surface area (Å²) in [5, 5.41) is 0.864. The average molecular weight is 217 g/mol. The van der Waals surface area contributed by atoms with Crippen LogP contribution in [0, 0.1) is 0 Å². The third-order valence-corrected chi connectivity index (χ3v) is 5.38. The summed E-state index contributed by atoms with van der Waals surface area (Å²) in [5.74, 6) is 0. The summed E-state index contributed by atoms with van der Waals surface area (Å²) in [6.45, 7) is 4.49. The Bertz CT molecular complexity index is 28.7. The molecule has 0 saturated heterocycles. The van der Waals surface area contributed by atoms with Gasteiger partial charge in [0.05, 0.1) is 0 Å². The monoisotopic (exact) mass is 217 g/mol. The fourth-order valence-electron chi connectivity index (χ4n) is 0.178. The zero-order valence-corrected chi connectivity index (χ0v) is 7.34. The number of hydrogen-bond donors (Lipinski definition) is 0. The Morgan fingerprint density at radius 3 is 2.00 bits per heavy atom. The Balaban J connectivity index is 2.63. The Hall–Kier alpha value is 1.08. The summed E-state index contributed by atoms with van der Waals surface area (Å²) in [5.41, 5.74) is 0. The van der Waals surface area contributed by atoms with E-state index in [2.05, 4.69) is 27.7 Å². The number of alkyl halides is 1. The van der Waals surface area contributed by atoms with E-state index in [0.29, 0.717) is 19.8 Å². The van der Waals surface area contributed by atoms with E-state index in [4.69, 9.17) is 0 Å². The first kappa shape index (κ1) is 7.08. The van der Waals surface area contributed by atoms with Gasteiger partial charge in [-0.05, 0) is 0 Å². The molecule has 0 spiro atoms. The topological polar surface area (TPSA) is 0 Å². The molecule has 0 aliphatic rings. The van der Waals surface area contributed by atoms with Crippen LogP contribution in [0.15, 0.2) is 0 Å². The Kier molecular flexibility index (Phi) is 5.01. The van der Waals surface area contributed by atoms with Crippen molar-refractivity contribution in [3.05, 3.63) is 0 Å². The van der Waals surface area contributed by atoms with Crippen LogP contribution in [0.1, 0.15) is 13.8 Å². The van der Waals surface area contributed by atoms with Crippen LogP contribution in [0.25, 0.3) is 0 Å². The second-order valence-electron chi connectivity index (χ2n) is 1.29. The fraction of sp³-hybridized carbons (Fsp3) is 1.00. The number of halogens is 1. The molecule has 0 nitrogen and oxygen atoms in total. The van der Waals surface area contributed by atoms with Gasteiger partial charge < -0.3 is 0 Å². The first-order valence-corrected chi connectivity index (χ1v) is 7.50. The fourth-order valence-corrected chi connectivity index (χ4v) is 3.59. The first-order valence-electron chi connectivity index (χ1n) is 1.92. The molecule has 0 aromatic rings. The van der Waals surface area contributed by atoms with Crippen LogP contribution in [0.2, 0.25) is 0 Å². The Morgan fingerprint density at radius 1 is 1.50 bits per heavy atom. The summed E-state index contributed by atoms with van der Waals surface area (Å²) in [4.78, 5) is 2.30. The molecule has 0 atom stereocenters. The molecule has 0 fully saturated rings. The number of rotatable bonds is 2. The van der Waals surface area contributed by atoms with Gasteiger partial charge in [-0.3, -0.25) is 0 Å². The summed E-state index contributed by atoms with van der Waals surface area (Å²) in [7, 11) is 2.10. The molecule has 2 heteroatoms. The van der Waals surface area contributed by atoms with Crippen molar-refractivity contribution in [1.29, 1.82) is 0 Å². The second kappa shape index (κ2) is 4.24.